The largest absolute Gasteiger partial charge is 0.351 e. The van der Waals surface area contributed by atoms with Crippen LogP contribution in [0.2, 0.25) is 0 Å². The second kappa shape index (κ2) is 9.34. The molecule has 0 saturated heterocycles. The molecule has 1 saturated carbocycles. The van der Waals surface area contributed by atoms with Crippen LogP contribution in [0.1, 0.15) is 53.3 Å². The molecule has 1 atom stereocenters. The van der Waals surface area contributed by atoms with E-state index in [1.165, 1.54) is 16.3 Å². The number of carbonyl (C=O) groups is 2. The van der Waals surface area contributed by atoms with Crippen molar-refractivity contribution >= 4 is 29.0 Å². The molecular formula is C23H23FN4O2S. The highest BCUT2D eigenvalue weighted by molar-refractivity contribution is 7.03. The normalized spacial score (nSPS) is 14.9. The van der Waals surface area contributed by atoms with Gasteiger partial charge in [-0.3, -0.25) is 14.5 Å². The Kier molecular flexibility index (Phi) is 6.36. The third kappa shape index (κ3) is 4.64. The Hall–Kier alpha value is -3.13. The van der Waals surface area contributed by atoms with E-state index in [2.05, 4.69) is 14.9 Å². The van der Waals surface area contributed by atoms with Crippen LogP contribution < -0.4 is 10.2 Å². The molecule has 6 nitrogen and oxygen atoms in total. The molecular weight excluding hydrogens is 415 g/mol. The fourth-order valence-corrected chi connectivity index (χ4v) is 4.34. The number of carbonyl (C=O) groups excluding carboxylic acids is 2. The predicted molar refractivity (Wildman–Crippen MR) is 117 cm³/mol. The van der Waals surface area contributed by atoms with Crippen LogP contribution in [0.15, 0.2) is 53.9 Å². The quantitative estimate of drug-likeness (QED) is 0.618. The number of benzene rings is 2. The van der Waals surface area contributed by atoms with Gasteiger partial charge in [-0.1, -0.05) is 53.2 Å². The molecule has 4 rings (SSSR count). The number of anilines is 1. The zero-order valence-corrected chi connectivity index (χ0v) is 17.9. The first-order valence-electron chi connectivity index (χ1n) is 10.3. The van der Waals surface area contributed by atoms with Crippen molar-refractivity contribution in [3.63, 3.8) is 0 Å². The Labute approximate surface area is 184 Å². The number of amides is 2. The number of nitrogens with zero attached hydrogens (tertiary/aromatic N) is 3. The Morgan fingerprint density at radius 1 is 1.13 bits per heavy atom. The van der Waals surface area contributed by atoms with Crippen molar-refractivity contribution in [2.45, 2.75) is 44.7 Å². The molecule has 1 N–H and O–H groups in total. The topological polar surface area (TPSA) is 75.2 Å². The summed E-state index contributed by atoms with van der Waals surface area (Å²) in [5, 5.41) is 8.45. The highest BCUT2D eigenvalue weighted by atomic mass is 32.1. The Morgan fingerprint density at radius 2 is 1.84 bits per heavy atom. The van der Waals surface area contributed by atoms with Gasteiger partial charge in [-0.25, -0.2) is 4.39 Å². The maximum Gasteiger partial charge on any atom is 0.280 e. The molecule has 0 spiro atoms. The molecule has 3 aromatic rings. The van der Waals surface area contributed by atoms with E-state index in [1.807, 2.05) is 19.1 Å². The molecule has 1 fully saturated rings. The van der Waals surface area contributed by atoms with Crippen molar-refractivity contribution in [1.29, 1.82) is 0 Å². The Bertz CT molecular complexity index is 1050. The van der Waals surface area contributed by atoms with Gasteiger partial charge in [0.2, 0.25) is 5.91 Å². The first-order chi connectivity index (χ1) is 15.0. The predicted octanol–water partition coefficient (Wildman–Crippen LogP) is 4.43. The fourth-order valence-electron chi connectivity index (χ4n) is 3.91. The number of hydrogen-bond acceptors (Lipinski definition) is 5. The minimum absolute atomic E-state index is 0.0256. The van der Waals surface area contributed by atoms with Crippen LogP contribution >= 0.6 is 11.5 Å². The lowest BCUT2D eigenvalue weighted by Gasteiger charge is -2.32. The first kappa shape index (κ1) is 21.1. The molecule has 1 aliphatic carbocycles. The number of rotatable bonds is 6. The van der Waals surface area contributed by atoms with Crippen molar-refractivity contribution in [2.75, 3.05) is 4.90 Å². The minimum atomic E-state index is -1.18. The summed E-state index contributed by atoms with van der Waals surface area (Å²) in [6.45, 7) is 1.93. The summed E-state index contributed by atoms with van der Waals surface area (Å²) in [6, 6.07) is 12.1. The van der Waals surface area contributed by atoms with Crippen molar-refractivity contribution < 1.29 is 14.0 Å². The molecule has 1 aliphatic rings. The fraction of sp³-hybridized carbons (Fsp3) is 0.304. The van der Waals surface area contributed by atoms with Gasteiger partial charge in [0.05, 0.1) is 0 Å². The summed E-state index contributed by atoms with van der Waals surface area (Å²) >= 11 is 1.04. The van der Waals surface area contributed by atoms with E-state index in [4.69, 9.17) is 0 Å². The van der Waals surface area contributed by atoms with Crippen LogP contribution in [0, 0.1) is 12.7 Å². The molecule has 0 radical (unpaired) electrons. The van der Waals surface area contributed by atoms with Gasteiger partial charge in [-0.2, -0.15) is 0 Å². The third-order valence-corrected chi connectivity index (χ3v) is 6.02. The minimum Gasteiger partial charge on any atom is -0.351 e. The zero-order chi connectivity index (χ0) is 21.8. The summed E-state index contributed by atoms with van der Waals surface area (Å²) in [5.74, 6) is -1.46. The second-order valence-corrected chi connectivity index (χ2v) is 8.32. The average molecular weight is 439 g/mol. The van der Waals surface area contributed by atoms with Gasteiger partial charge in [0.1, 0.15) is 11.9 Å². The van der Waals surface area contributed by atoms with Crippen molar-refractivity contribution in [3.05, 3.63) is 76.5 Å². The lowest BCUT2D eigenvalue weighted by Crippen LogP contribution is -2.46. The highest BCUT2D eigenvalue weighted by Gasteiger charge is 2.37. The van der Waals surface area contributed by atoms with E-state index < -0.39 is 23.7 Å². The SMILES string of the molecule is Cc1ccc(N(C(=O)c2csnn2)[C@@H](C(=O)NC2CCCC2)c2ccccc2F)cc1. The van der Waals surface area contributed by atoms with Crippen LogP contribution in [0.3, 0.4) is 0 Å². The van der Waals surface area contributed by atoms with Crippen LogP contribution in [0.4, 0.5) is 10.1 Å². The average Bonchev–Trinajstić information content (AvgIpc) is 3.47. The lowest BCUT2D eigenvalue weighted by atomic mass is 10.0. The van der Waals surface area contributed by atoms with Crippen molar-refractivity contribution in [1.82, 2.24) is 14.9 Å². The van der Waals surface area contributed by atoms with Gasteiger partial charge in [0, 0.05) is 22.7 Å². The summed E-state index contributed by atoms with van der Waals surface area (Å²) < 4.78 is 18.7. The standard InChI is InChI=1S/C23H23FN4O2S/c1-15-10-12-17(13-11-15)28(23(30)20-14-31-27-26-20)21(18-8-4-5-9-19(18)24)22(29)25-16-6-2-3-7-16/h4-5,8-14,16,21H,2-3,6-7H2,1H3,(H,25,29)/t21-/m1/s1. The van der Waals surface area contributed by atoms with Gasteiger partial charge in [0.25, 0.3) is 5.91 Å². The molecule has 0 unspecified atom stereocenters. The van der Waals surface area contributed by atoms with E-state index in [0.29, 0.717) is 5.69 Å². The highest BCUT2D eigenvalue weighted by Crippen LogP contribution is 2.32. The van der Waals surface area contributed by atoms with Gasteiger partial charge in [0.15, 0.2) is 5.69 Å². The van der Waals surface area contributed by atoms with Gasteiger partial charge in [-0.05, 0) is 49.5 Å². The molecule has 1 aromatic heterocycles. The number of aryl methyl sites for hydroxylation is 1. The Balaban J connectivity index is 1.82. The van der Waals surface area contributed by atoms with E-state index >= 15 is 0 Å². The smallest absolute Gasteiger partial charge is 0.280 e. The van der Waals surface area contributed by atoms with E-state index in [0.717, 1.165) is 42.8 Å². The monoisotopic (exact) mass is 438 g/mol. The van der Waals surface area contributed by atoms with E-state index in [-0.39, 0.29) is 17.3 Å². The van der Waals surface area contributed by atoms with Crippen molar-refractivity contribution in [2.24, 2.45) is 0 Å². The number of nitrogens with one attached hydrogen (secondary N) is 1. The summed E-state index contributed by atoms with van der Waals surface area (Å²) in [5.41, 5.74) is 1.73. The molecule has 2 aromatic carbocycles. The molecule has 0 aliphatic heterocycles. The van der Waals surface area contributed by atoms with E-state index in [9.17, 15) is 14.0 Å². The number of halogens is 1. The maximum absolute atomic E-state index is 14.9. The molecule has 8 heteroatoms. The van der Waals surface area contributed by atoms with Crippen LogP contribution in [-0.4, -0.2) is 27.4 Å². The third-order valence-electron chi connectivity index (χ3n) is 5.52. The molecule has 160 valence electrons. The first-order valence-corrected chi connectivity index (χ1v) is 11.1. The van der Waals surface area contributed by atoms with Gasteiger partial charge in [-0.15, -0.1) is 5.10 Å². The maximum atomic E-state index is 14.9. The van der Waals surface area contributed by atoms with Crippen LogP contribution in [-0.2, 0) is 4.79 Å². The Morgan fingerprint density at radius 3 is 2.48 bits per heavy atom. The second-order valence-electron chi connectivity index (χ2n) is 7.71. The summed E-state index contributed by atoms with van der Waals surface area (Å²) in [7, 11) is 0. The molecule has 2 amide bonds. The summed E-state index contributed by atoms with van der Waals surface area (Å²) in [6.07, 6.45) is 3.84. The van der Waals surface area contributed by atoms with Crippen molar-refractivity contribution in [3.8, 4) is 0 Å². The lowest BCUT2D eigenvalue weighted by molar-refractivity contribution is -0.123. The molecule has 31 heavy (non-hydrogen) atoms. The number of aromatic nitrogens is 2. The van der Waals surface area contributed by atoms with Crippen LogP contribution in [0.5, 0.6) is 0 Å². The van der Waals surface area contributed by atoms with Gasteiger partial charge >= 0.3 is 0 Å². The van der Waals surface area contributed by atoms with Gasteiger partial charge < -0.3 is 5.32 Å². The van der Waals surface area contributed by atoms with Crippen LogP contribution in [0.25, 0.3) is 0 Å². The summed E-state index contributed by atoms with van der Waals surface area (Å²) in [4.78, 5) is 28.3. The zero-order valence-electron chi connectivity index (χ0n) is 17.1. The van der Waals surface area contributed by atoms with E-state index in [1.54, 1.807) is 30.3 Å². The molecule has 0 bridgehead atoms. The molecule has 1 heterocycles. The number of hydrogen-bond donors (Lipinski definition) is 1.